The smallest absolute Gasteiger partial charge is 0.223 e. The van der Waals surface area contributed by atoms with Crippen molar-refractivity contribution in [2.24, 2.45) is 0 Å². The lowest BCUT2D eigenvalue weighted by Gasteiger charge is -2.11. The lowest BCUT2D eigenvalue weighted by atomic mass is 10.3. The van der Waals surface area contributed by atoms with Gasteiger partial charge in [-0.15, -0.1) is 11.3 Å². The van der Waals surface area contributed by atoms with Gasteiger partial charge in [-0.3, -0.25) is 0 Å². The minimum atomic E-state index is 0.0605. The Bertz CT molecular complexity index is 453. The summed E-state index contributed by atoms with van der Waals surface area (Å²) in [4.78, 5) is 12.0. The number of nitrogens with zero attached hydrogens (tertiary/aromatic N) is 3. The molecule has 0 bridgehead atoms. The predicted molar refractivity (Wildman–Crippen MR) is 65.6 cm³/mol. The molecule has 5 nitrogen and oxygen atoms in total. The Morgan fingerprint density at radius 3 is 2.94 bits per heavy atom. The second kappa shape index (κ2) is 4.63. The molecule has 3 N–H and O–H groups in total. The van der Waals surface area contributed by atoms with E-state index < -0.39 is 0 Å². The third kappa shape index (κ3) is 2.59. The molecule has 0 amide bonds. The first-order valence-corrected chi connectivity index (χ1v) is 5.87. The summed E-state index contributed by atoms with van der Waals surface area (Å²) in [5.74, 6) is 0.751. The fourth-order valence-corrected chi connectivity index (χ4v) is 2.08. The van der Waals surface area contributed by atoms with Gasteiger partial charge in [0.15, 0.2) is 0 Å². The molecule has 84 valence electrons. The van der Waals surface area contributed by atoms with Gasteiger partial charge in [-0.2, -0.15) is 4.98 Å². The van der Waals surface area contributed by atoms with Gasteiger partial charge in [0.1, 0.15) is 16.0 Å². The first-order valence-electron chi connectivity index (χ1n) is 4.61. The van der Waals surface area contributed by atoms with Crippen LogP contribution >= 0.6 is 22.9 Å². The quantitative estimate of drug-likeness (QED) is 0.824. The van der Waals surface area contributed by atoms with Crippen LogP contribution in [0, 0.1) is 0 Å². The normalized spacial score (nSPS) is 12.4. The van der Waals surface area contributed by atoms with E-state index in [1.54, 1.807) is 23.6 Å². The van der Waals surface area contributed by atoms with Gasteiger partial charge >= 0.3 is 0 Å². The van der Waals surface area contributed by atoms with Crippen molar-refractivity contribution in [3.63, 3.8) is 0 Å². The number of aromatic nitrogens is 3. The first kappa shape index (κ1) is 11.1. The van der Waals surface area contributed by atoms with Gasteiger partial charge in [0, 0.05) is 17.6 Å². The van der Waals surface area contributed by atoms with E-state index in [4.69, 9.17) is 17.3 Å². The van der Waals surface area contributed by atoms with Gasteiger partial charge < -0.3 is 11.1 Å². The van der Waals surface area contributed by atoms with Crippen LogP contribution in [0.15, 0.2) is 17.6 Å². The van der Waals surface area contributed by atoms with Crippen molar-refractivity contribution in [1.82, 2.24) is 15.0 Å². The summed E-state index contributed by atoms with van der Waals surface area (Å²) >= 11 is 7.35. The van der Waals surface area contributed by atoms with Gasteiger partial charge in [0.2, 0.25) is 5.95 Å². The number of hydrogen-bond donors (Lipinski definition) is 2. The van der Waals surface area contributed by atoms with E-state index in [-0.39, 0.29) is 12.0 Å². The van der Waals surface area contributed by atoms with Crippen molar-refractivity contribution in [3.05, 3.63) is 27.8 Å². The second-order valence-electron chi connectivity index (χ2n) is 3.17. The topological polar surface area (TPSA) is 76.7 Å². The Morgan fingerprint density at radius 1 is 1.50 bits per heavy atom. The average Bonchev–Trinajstić information content (AvgIpc) is 2.68. The zero-order valence-electron chi connectivity index (χ0n) is 8.51. The molecule has 0 aliphatic carbocycles. The van der Waals surface area contributed by atoms with Crippen LogP contribution < -0.4 is 11.1 Å². The van der Waals surface area contributed by atoms with Crippen LogP contribution in [-0.4, -0.2) is 15.0 Å². The van der Waals surface area contributed by atoms with Crippen molar-refractivity contribution in [3.8, 4) is 0 Å². The van der Waals surface area contributed by atoms with Gasteiger partial charge in [-0.25, -0.2) is 9.97 Å². The molecule has 7 heteroatoms. The number of hydrogen-bond acceptors (Lipinski definition) is 6. The number of anilines is 2. The van der Waals surface area contributed by atoms with Gasteiger partial charge in [0.05, 0.1) is 6.04 Å². The third-order valence-electron chi connectivity index (χ3n) is 1.90. The lowest BCUT2D eigenvalue weighted by Crippen LogP contribution is -2.09. The molecule has 2 heterocycles. The van der Waals surface area contributed by atoms with E-state index >= 15 is 0 Å². The second-order valence-corrected chi connectivity index (χ2v) is 4.48. The highest BCUT2D eigenvalue weighted by atomic mass is 35.5. The van der Waals surface area contributed by atoms with E-state index in [1.165, 1.54) is 0 Å². The zero-order valence-corrected chi connectivity index (χ0v) is 10.1. The molecule has 0 aliphatic rings. The van der Waals surface area contributed by atoms with E-state index in [2.05, 4.69) is 20.3 Å². The summed E-state index contributed by atoms with van der Waals surface area (Å²) in [6, 6.07) is 1.69. The summed E-state index contributed by atoms with van der Waals surface area (Å²) in [6.07, 6.45) is 1.76. The van der Waals surface area contributed by atoms with Crippen LogP contribution in [0.5, 0.6) is 0 Å². The SMILES string of the molecule is CC(Nc1cc(Cl)nc(N)n1)c1nccs1. The average molecular weight is 256 g/mol. The van der Waals surface area contributed by atoms with Crippen LogP contribution in [0.3, 0.4) is 0 Å². The molecular weight excluding hydrogens is 246 g/mol. The zero-order chi connectivity index (χ0) is 11.5. The summed E-state index contributed by atoms with van der Waals surface area (Å²) in [5.41, 5.74) is 5.49. The number of nitrogen functional groups attached to an aromatic ring is 1. The Balaban J connectivity index is 2.15. The van der Waals surface area contributed by atoms with Crippen LogP contribution in [0.2, 0.25) is 5.15 Å². The van der Waals surface area contributed by atoms with E-state index in [0.717, 1.165) is 5.01 Å². The highest BCUT2D eigenvalue weighted by Crippen LogP contribution is 2.21. The molecule has 2 aromatic rings. The predicted octanol–water partition coefficient (Wildman–Crippen LogP) is 2.34. The Hall–Kier alpha value is -1.40. The molecule has 0 aliphatic heterocycles. The van der Waals surface area contributed by atoms with Crippen LogP contribution in [0.4, 0.5) is 11.8 Å². The van der Waals surface area contributed by atoms with Gasteiger partial charge in [-0.05, 0) is 6.92 Å². The molecule has 2 rings (SSSR count). The molecule has 0 spiro atoms. The fourth-order valence-electron chi connectivity index (χ4n) is 1.24. The van der Waals surface area contributed by atoms with Gasteiger partial charge in [-0.1, -0.05) is 11.6 Å². The monoisotopic (exact) mass is 255 g/mol. The maximum atomic E-state index is 5.77. The number of rotatable bonds is 3. The number of halogens is 1. The standard InChI is InChI=1S/C9H10ClN5S/c1-5(8-12-2-3-16-8)13-7-4-6(10)14-9(11)15-7/h2-5H,1H3,(H3,11,13,14,15). The first-order chi connectivity index (χ1) is 7.65. The summed E-state index contributed by atoms with van der Waals surface area (Å²) in [6.45, 7) is 1.99. The van der Waals surface area contributed by atoms with Crippen LogP contribution in [-0.2, 0) is 0 Å². The molecule has 1 atom stereocenters. The third-order valence-corrected chi connectivity index (χ3v) is 3.05. The Morgan fingerprint density at radius 2 is 2.31 bits per heavy atom. The van der Waals surface area contributed by atoms with Crippen LogP contribution in [0.25, 0.3) is 0 Å². The van der Waals surface area contributed by atoms with E-state index in [1.807, 2.05) is 12.3 Å². The highest BCUT2D eigenvalue weighted by molar-refractivity contribution is 7.09. The lowest BCUT2D eigenvalue weighted by molar-refractivity contribution is 0.859. The van der Waals surface area contributed by atoms with E-state index in [0.29, 0.717) is 11.0 Å². The molecule has 0 fully saturated rings. The summed E-state index contributed by atoms with van der Waals surface area (Å²) < 4.78 is 0. The van der Waals surface area contributed by atoms with Crippen LogP contribution in [0.1, 0.15) is 18.0 Å². The van der Waals surface area contributed by atoms with Crippen molar-refractivity contribution < 1.29 is 0 Å². The fraction of sp³-hybridized carbons (Fsp3) is 0.222. The van der Waals surface area contributed by atoms with Crippen molar-refractivity contribution in [2.45, 2.75) is 13.0 Å². The highest BCUT2D eigenvalue weighted by Gasteiger charge is 2.09. The van der Waals surface area contributed by atoms with E-state index in [9.17, 15) is 0 Å². The maximum Gasteiger partial charge on any atom is 0.223 e. The number of nitrogens with two attached hydrogens (primary N) is 1. The molecule has 0 radical (unpaired) electrons. The van der Waals surface area contributed by atoms with Crippen molar-refractivity contribution in [2.75, 3.05) is 11.1 Å². The molecular formula is C9H10ClN5S. The van der Waals surface area contributed by atoms with Gasteiger partial charge in [0.25, 0.3) is 0 Å². The minimum absolute atomic E-state index is 0.0605. The summed E-state index contributed by atoms with van der Waals surface area (Å²) in [5, 5.41) is 6.38. The molecule has 16 heavy (non-hydrogen) atoms. The van der Waals surface area contributed by atoms with Crippen molar-refractivity contribution in [1.29, 1.82) is 0 Å². The number of nitrogens with one attached hydrogen (secondary N) is 1. The summed E-state index contributed by atoms with van der Waals surface area (Å²) in [7, 11) is 0. The molecule has 0 saturated carbocycles. The number of thiazole rings is 1. The molecule has 1 unspecified atom stereocenters. The minimum Gasteiger partial charge on any atom is -0.368 e. The largest absolute Gasteiger partial charge is 0.368 e. The van der Waals surface area contributed by atoms with Crippen molar-refractivity contribution >= 4 is 34.7 Å². The molecule has 0 saturated heterocycles. The molecule has 2 aromatic heterocycles. The Kier molecular flexibility index (Phi) is 3.21. The maximum absolute atomic E-state index is 5.77. The molecule has 0 aromatic carbocycles. The Labute approximate surface area is 102 Å².